The Morgan fingerprint density at radius 2 is 1.93 bits per heavy atom. The number of fused-ring (bicyclic) bond motifs is 1. The minimum Gasteiger partial charge on any atom is -0.346 e. The zero-order chi connectivity index (χ0) is 19.5. The van der Waals surface area contributed by atoms with Crippen LogP contribution in [0.3, 0.4) is 0 Å². The van der Waals surface area contributed by atoms with E-state index >= 15 is 0 Å². The summed E-state index contributed by atoms with van der Waals surface area (Å²) in [5.41, 5.74) is 5.05. The number of nitrogens with one attached hydrogen (secondary N) is 1. The average molecular weight is 409 g/mol. The molecule has 3 aromatic rings. The van der Waals surface area contributed by atoms with Crippen molar-refractivity contribution >= 4 is 44.3 Å². The summed E-state index contributed by atoms with van der Waals surface area (Å²) in [6.07, 6.45) is 3.52. The van der Waals surface area contributed by atoms with Crippen molar-refractivity contribution in [3.63, 3.8) is 0 Å². The molecule has 4 rings (SSSR count). The molecule has 28 heavy (non-hydrogen) atoms. The third-order valence-electron chi connectivity index (χ3n) is 5.98. The number of rotatable bonds is 5. The topological polar surface area (TPSA) is 15.3 Å². The molecule has 2 heterocycles. The molecule has 2 aromatic carbocycles. The largest absolute Gasteiger partial charge is 0.346 e. The van der Waals surface area contributed by atoms with Gasteiger partial charge in [-0.05, 0) is 84.9 Å². The number of piperidine rings is 1. The van der Waals surface area contributed by atoms with Gasteiger partial charge in [0, 0.05) is 16.0 Å². The van der Waals surface area contributed by atoms with E-state index in [4.69, 9.17) is 12.2 Å². The number of hydrogen-bond acceptors (Lipinski definition) is 3. The minimum atomic E-state index is 0.680. The van der Waals surface area contributed by atoms with Crippen LogP contribution in [-0.2, 0) is 6.42 Å². The van der Waals surface area contributed by atoms with Gasteiger partial charge in [-0.2, -0.15) is 0 Å². The Labute approximate surface area is 177 Å². The van der Waals surface area contributed by atoms with Gasteiger partial charge in [-0.1, -0.05) is 50.3 Å². The number of benzene rings is 2. The number of thiophene rings is 1. The SMILES string of the molecule is CCc1ccccc1C(=S)Nc1ccc2scc(C3CCN(CC)CC3)c2c1. The second-order valence-corrected chi connectivity index (χ2v) is 8.89. The van der Waals surface area contributed by atoms with E-state index in [9.17, 15) is 0 Å². The highest BCUT2D eigenvalue weighted by Gasteiger charge is 2.22. The molecule has 0 radical (unpaired) electrons. The lowest BCUT2D eigenvalue weighted by Gasteiger charge is -2.31. The van der Waals surface area contributed by atoms with Crippen LogP contribution in [0.2, 0.25) is 0 Å². The van der Waals surface area contributed by atoms with Gasteiger partial charge in [-0.3, -0.25) is 0 Å². The molecule has 0 unspecified atom stereocenters. The van der Waals surface area contributed by atoms with Gasteiger partial charge in [-0.15, -0.1) is 11.3 Å². The fourth-order valence-corrected chi connectivity index (χ4v) is 5.59. The summed E-state index contributed by atoms with van der Waals surface area (Å²) in [6, 6.07) is 15.1. The Hall–Kier alpha value is -1.75. The molecule has 0 atom stereocenters. The summed E-state index contributed by atoms with van der Waals surface area (Å²) < 4.78 is 1.37. The molecule has 0 bridgehead atoms. The van der Waals surface area contributed by atoms with Crippen molar-refractivity contribution in [1.29, 1.82) is 0 Å². The van der Waals surface area contributed by atoms with Gasteiger partial charge in [-0.25, -0.2) is 0 Å². The molecule has 1 saturated heterocycles. The molecule has 0 saturated carbocycles. The predicted molar refractivity (Wildman–Crippen MR) is 127 cm³/mol. The van der Waals surface area contributed by atoms with Crippen LogP contribution in [0.25, 0.3) is 10.1 Å². The maximum Gasteiger partial charge on any atom is 0.111 e. The molecule has 2 nitrogen and oxygen atoms in total. The summed E-state index contributed by atoms with van der Waals surface area (Å²) in [4.78, 5) is 3.37. The van der Waals surface area contributed by atoms with Crippen LogP contribution in [0.5, 0.6) is 0 Å². The van der Waals surface area contributed by atoms with E-state index < -0.39 is 0 Å². The molecule has 0 amide bonds. The second kappa shape index (κ2) is 8.73. The van der Waals surface area contributed by atoms with E-state index in [1.165, 1.54) is 53.7 Å². The van der Waals surface area contributed by atoms with Crippen LogP contribution in [0.1, 0.15) is 49.3 Å². The summed E-state index contributed by atoms with van der Waals surface area (Å²) in [5, 5.41) is 7.27. The molecular weight excluding hydrogens is 380 g/mol. The molecule has 1 N–H and O–H groups in total. The molecule has 1 fully saturated rings. The summed E-state index contributed by atoms with van der Waals surface area (Å²) in [7, 11) is 0. The number of likely N-dealkylation sites (tertiary alicyclic amines) is 1. The van der Waals surface area contributed by atoms with Crippen LogP contribution in [0, 0.1) is 0 Å². The van der Waals surface area contributed by atoms with Crippen LogP contribution in [0.4, 0.5) is 5.69 Å². The smallest absolute Gasteiger partial charge is 0.111 e. The Balaban J connectivity index is 1.57. The fraction of sp³-hybridized carbons (Fsp3) is 0.375. The highest BCUT2D eigenvalue weighted by molar-refractivity contribution is 7.81. The zero-order valence-corrected chi connectivity index (χ0v) is 18.3. The van der Waals surface area contributed by atoms with Crippen molar-refractivity contribution in [1.82, 2.24) is 4.90 Å². The molecule has 1 aliphatic heterocycles. The molecule has 4 heteroatoms. The predicted octanol–water partition coefficient (Wildman–Crippen LogP) is 6.45. The molecule has 1 aliphatic rings. The van der Waals surface area contributed by atoms with Gasteiger partial charge in [0.25, 0.3) is 0 Å². The number of anilines is 1. The van der Waals surface area contributed by atoms with Gasteiger partial charge in [0.05, 0.1) is 0 Å². The Kier molecular flexibility index (Phi) is 6.10. The van der Waals surface area contributed by atoms with E-state index in [0.717, 1.165) is 22.7 Å². The van der Waals surface area contributed by atoms with Gasteiger partial charge in [0.15, 0.2) is 0 Å². The van der Waals surface area contributed by atoms with Crippen molar-refractivity contribution in [3.05, 3.63) is 64.5 Å². The first-order chi connectivity index (χ1) is 13.7. The van der Waals surface area contributed by atoms with E-state index in [-0.39, 0.29) is 0 Å². The van der Waals surface area contributed by atoms with Crippen LogP contribution >= 0.6 is 23.6 Å². The maximum absolute atomic E-state index is 5.73. The van der Waals surface area contributed by atoms with Gasteiger partial charge in [0.2, 0.25) is 0 Å². The Morgan fingerprint density at radius 3 is 2.68 bits per heavy atom. The third kappa shape index (κ3) is 4.00. The van der Waals surface area contributed by atoms with Crippen LogP contribution in [-0.4, -0.2) is 29.5 Å². The number of nitrogens with zero attached hydrogens (tertiary/aromatic N) is 1. The van der Waals surface area contributed by atoms with E-state index in [1.807, 2.05) is 11.3 Å². The van der Waals surface area contributed by atoms with Crippen molar-refractivity contribution < 1.29 is 0 Å². The lowest BCUT2D eigenvalue weighted by Crippen LogP contribution is -2.32. The number of thiocarbonyl (C=S) groups is 1. The normalized spacial score (nSPS) is 15.8. The minimum absolute atomic E-state index is 0.680. The van der Waals surface area contributed by atoms with Gasteiger partial charge >= 0.3 is 0 Å². The van der Waals surface area contributed by atoms with Crippen molar-refractivity contribution in [3.8, 4) is 0 Å². The van der Waals surface area contributed by atoms with E-state index in [0.29, 0.717) is 5.92 Å². The third-order valence-corrected chi connectivity index (χ3v) is 7.28. The van der Waals surface area contributed by atoms with Crippen molar-refractivity contribution in [2.75, 3.05) is 25.0 Å². The Morgan fingerprint density at radius 1 is 1.14 bits per heavy atom. The first-order valence-corrected chi connectivity index (χ1v) is 11.6. The Bertz CT molecular complexity index is 968. The van der Waals surface area contributed by atoms with Crippen molar-refractivity contribution in [2.45, 2.75) is 39.0 Å². The monoisotopic (exact) mass is 408 g/mol. The number of aryl methyl sites for hydroxylation is 1. The zero-order valence-electron chi connectivity index (χ0n) is 16.7. The number of hydrogen-bond donors (Lipinski definition) is 1. The van der Waals surface area contributed by atoms with E-state index in [2.05, 4.69) is 71.9 Å². The highest BCUT2D eigenvalue weighted by Crippen LogP contribution is 2.38. The molecule has 0 spiro atoms. The second-order valence-electron chi connectivity index (χ2n) is 7.58. The van der Waals surface area contributed by atoms with Gasteiger partial charge in [0.1, 0.15) is 4.99 Å². The van der Waals surface area contributed by atoms with Crippen LogP contribution < -0.4 is 5.32 Å². The van der Waals surface area contributed by atoms with Gasteiger partial charge < -0.3 is 10.2 Å². The van der Waals surface area contributed by atoms with E-state index in [1.54, 1.807) is 0 Å². The maximum atomic E-state index is 5.73. The van der Waals surface area contributed by atoms with Crippen molar-refractivity contribution in [2.24, 2.45) is 0 Å². The lowest BCUT2D eigenvalue weighted by atomic mass is 9.89. The summed E-state index contributed by atoms with van der Waals surface area (Å²) in [5.74, 6) is 0.680. The molecule has 0 aliphatic carbocycles. The fourth-order valence-electron chi connectivity index (χ4n) is 4.25. The summed E-state index contributed by atoms with van der Waals surface area (Å²) in [6.45, 7) is 8.04. The highest BCUT2D eigenvalue weighted by atomic mass is 32.1. The summed E-state index contributed by atoms with van der Waals surface area (Å²) >= 11 is 7.60. The average Bonchev–Trinajstić information content (AvgIpc) is 3.17. The quantitative estimate of drug-likeness (QED) is 0.488. The molecule has 146 valence electrons. The van der Waals surface area contributed by atoms with Crippen LogP contribution in [0.15, 0.2) is 47.8 Å². The first-order valence-electron chi connectivity index (χ1n) is 10.3. The molecule has 1 aromatic heterocycles. The molecular formula is C24H28N2S2. The lowest BCUT2D eigenvalue weighted by molar-refractivity contribution is 0.223. The standard InChI is InChI=1S/C24H28N2S2/c1-3-17-7-5-6-8-20(17)24(27)25-19-9-10-23-21(15-19)22(16-28-23)18-11-13-26(4-2)14-12-18/h5-10,15-16,18H,3-4,11-14H2,1-2H3,(H,25,27). The first kappa shape index (κ1) is 19.6.